The van der Waals surface area contributed by atoms with Crippen molar-refractivity contribution in [3.63, 3.8) is 0 Å². The number of methoxy groups -OCH3 is 1. The molecule has 0 spiro atoms. The zero-order chi connectivity index (χ0) is 20.6. The molecule has 0 aliphatic heterocycles. The van der Waals surface area contributed by atoms with E-state index in [2.05, 4.69) is 10.3 Å². The Balaban J connectivity index is 1.78. The minimum Gasteiger partial charge on any atom is -0.493 e. The van der Waals surface area contributed by atoms with Gasteiger partial charge < -0.3 is 14.8 Å². The number of carbonyl (C=O) groups is 1. The molecule has 0 atom stereocenters. The van der Waals surface area contributed by atoms with Crippen LogP contribution in [-0.2, 0) is 11.4 Å². The Kier molecular flexibility index (Phi) is 6.58. The average Bonchev–Trinajstić information content (AvgIpc) is 2.72. The number of carbonyl (C=O) groups excluding carboxylic acids is 1. The van der Waals surface area contributed by atoms with Crippen LogP contribution in [0, 0.1) is 5.82 Å². The Morgan fingerprint density at radius 2 is 1.79 bits per heavy atom. The molecule has 1 N–H and O–H groups in total. The van der Waals surface area contributed by atoms with Crippen LogP contribution in [0.1, 0.15) is 18.1 Å². The first-order valence-electron chi connectivity index (χ1n) is 9.01. The summed E-state index contributed by atoms with van der Waals surface area (Å²) in [5.41, 5.74) is 3.03. The predicted molar refractivity (Wildman–Crippen MR) is 112 cm³/mol. The summed E-state index contributed by atoms with van der Waals surface area (Å²) in [5, 5.41) is 2.71. The number of anilines is 1. The molecule has 5 nitrogen and oxygen atoms in total. The second-order valence-electron chi connectivity index (χ2n) is 6.28. The van der Waals surface area contributed by atoms with Gasteiger partial charge in [0.15, 0.2) is 11.5 Å². The topological polar surface area (TPSA) is 59.9 Å². The van der Waals surface area contributed by atoms with Gasteiger partial charge in [0.25, 0.3) is 0 Å². The van der Waals surface area contributed by atoms with Crippen LogP contribution >= 0.6 is 0 Å². The lowest BCUT2D eigenvalue weighted by Gasteiger charge is -2.13. The molecular weight excluding hydrogens is 371 g/mol. The minimum absolute atomic E-state index is 0.124. The molecule has 0 radical (unpaired) electrons. The Labute approximate surface area is 168 Å². The van der Waals surface area contributed by atoms with Crippen molar-refractivity contribution in [1.82, 2.24) is 0 Å². The summed E-state index contributed by atoms with van der Waals surface area (Å²) < 4.78 is 24.4. The largest absolute Gasteiger partial charge is 0.493 e. The van der Waals surface area contributed by atoms with Crippen molar-refractivity contribution < 1.29 is 18.7 Å². The van der Waals surface area contributed by atoms with E-state index in [0.29, 0.717) is 17.2 Å². The van der Waals surface area contributed by atoms with Crippen molar-refractivity contribution >= 4 is 23.5 Å². The third kappa shape index (κ3) is 5.65. The van der Waals surface area contributed by atoms with E-state index in [-0.39, 0.29) is 18.3 Å². The zero-order valence-corrected chi connectivity index (χ0v) is 16.2. The molecule has 3 aromatic rings. The van der Waals surface area contributed by atoms with Crippen molar-refractivity contribution in [2.75, 3.05) is 12.4 Å². The highest BCUT2D eigenvalue weighted by Gasteiger charge is 2.10. The highest BCUT2D eigenvalue weighted by Crippen LogP contribution is 2.31. The van der Waals surface area contributed by atoms with Crippen LogP contribution in [0.4, 0.5) is 15.8 Å². The van der Waals surface area contributed by atoms with Crippen LogP contribution in [0.25, 0.3) is 0 Å². The van der Waals surface area contributed by atoms with Gasteiger partial charge >= 0.3 is 0 Å². The smallest absolute Gasteiger partial charge is 0.221 e. The number of nitrogens with one attached hydrogen (secondary N) is 1. The molecule has 0 saturated carbocycles. The van der Waals surface area contributed by atoms with Gasteiger partial charge in [-0.3, -0.25) is 9.79 Å². The maximum absolute atomic E-state index is 13.1. The molecule has 3 rings (SSSR count). The fraction of sp³-hybridized carbons (Fsp3) is 0.130. The number of halogens is 1. The summed E-state index contributed by atoms with van der Waals surface area (Å²) in [5.74, 6) is 0.721. The van der Waals surface area contributed by atoms with Crippen molar-refractivity contribution in [3.8, 4) is 11.5 Å². The number of hydrogen-bond acceptors (Lipinski definition) is 4. The summed E-state index contributed by atoms with van der Waals surface area (Å²) in [4.78, 5) is 15.6. The van der Waals surface area contributed by atoms with E-state index in [0.717, 1.165) is 16.8 Å². The van der Waals surface area contributed by atoms with Gasteiger partial charge in [0.2, 0.25) is 5.91 Å². The van der Waals surface area contributed by atoms with Gasteiger partial charge in [-0.15, -0.1) is 0 Å². The van der Waals surface area contributed by atoms with Gasteiger partial charge in [0, 0.05) is 24.4 Å². The molecular formula is C23H21FN2O3. The molecule has 0 bridgehead atoms. The van der Waals surface area contributed by atoms with Gasteiger partial charge in [-0.25, -0.2) is 4.39 Å². The number of benzene rings is 3. The molecule has 29 heavy (non-hydrogen) atoms. The predicted octanol–water partition coefficient (Wildman–Crippen LogP) is 5.12. The SMILES string of the molecule is COc1cccc(C=Nc2ccc(NC(C)=O)cc2)c1OCc1ccc(F)cc1. The first-order chi connectivity index (χ1) is 14.0. The van der Waals surface area contributed by atoms with Crippen LogP contribution in [0.15, 0.2) is 71.7 Å². The van der Waals surface area contributed by atoms with Crippen molar-refractivity contribution in [2.24, 2.45) is 4.99 Å². The molecule has 0 saturated heterocycles. The summed E-state index contributed by atoms with van der Waals surface area (Å²) in [6.07, 6.45) is 1.69. The van der Waals surface area contributed by atoms with Gasteiger partial charge in [0.05, 0.1) is 12.8 Å². The maximum Gasteiger partial charge on any atom is 0.221 e. The number of amides is 1. The van der Waals surface area contributed by atoms with E-state index in [1.54, 1.807) is 55.8 Å². The number of aliphatic imine (C=N–C) groups is 1. The highest BCUT2D eigenvalue weighted by atomic mass is 19.1. The number of ether oxygens (including phenoxy) is 2. The molecule has 0 heterocycles. The molecule has 0 fully saturated rings. The molecule has 3 aromatic carbocycles. The molecule has 0 aliphatic rings. The first-order valence-corrected chi connectivity index (χ1v) is 9.01. The summed E-state index contributed by atoms with van der Waals surface area (Å²) >= 11 is 0. The minimum atomic E-state index is -0.289. The maximum atomic E-state index is 13.1. The van der Waals surface area contributed by atoms with Gasteiger partial charge in [0.1, 0.15) is 12.4 Å². The fourth-order valence-corrected chi connectivity index (χ4v) is 2.66. The lowest BCUT2D eigenvalue weighted by molar-refractivity contribution is -0.114. The van der Waals surface area contributed by atoms with Crippen LogP contribution < -0.4 is 14.8 Å². The second kappa shape index (κ2) is 9.50. The van der Waals surface area contributed by atoms with E-state index in [1.165, 1.54) is 19.1 Å². The van der Waals surface area contributed by atoms with Crippen molar-refractivity contribution in [3.05, 3.63) is 83.7 Å². The standard InChI is InChI=1S/C23H21FN2O3/c1-16(27)26-21-12-10-20(11-13-21)25-14-18-4-3-5-22(28-2)23(18)29-15-17-6-8-19(24)9-7-17/h3-14H,15H2,1-2H3,(H,26,27). The molecule has 6 heteroatoms. The van der Waals surface area contributed by atoms with Crippen molar-refractivity contribution in [2.45, 2.75) is 13.5 Å². The number of nitrogens with zero attached hydrogens (tertiary/aromatic N) is 1. The van der Waals surface area contributed by atoms with Crippen LogP contribution in [0.2, 0.25) is 0 Å². The van der Waals surface area contributed by atoms with E-state index in [1.807, 2.05) is 12.1 Å². The lowest BCUT2D eigenvalue weighted by Crippen LogP contribution is -2.04. The number of rotatable bonds is 7. The highest BCUT2D eigenvalue weighted by molar-refractivity contribution is 5.89. The molecule has 1 amide bonds. The second-order valence-corrected chi connectivity index (χ2v) is 6.28. The summed E-state index contributed by atoms with van der Waals surface area (Å²) in [6.45, 7) is 1.73. The molecule has 0 aromatic heterocycles. The quantitative estimate of drug-likeness (QED) is 0.568. The van der Waals surface area contributed by atoms with Gasteiger partial charge in [-0.1, -0.05) is 18.2 Å². The third-order valence-corrected chi connectivity index (χ3v) is 4.07. The average molecular weight is 392 g/mol. The monoisotopic (exact) mass is 392 g/mol. The molecule has 0 aliphatic carbocycles. The Morgan fingerprint density at radius 3 is 2.45 bits per heavy atom. The van der Waals surface area contributed by atoms with E-state index in [4.69, 9.17) is 9.47 Å². The zero-order valence-electron chi connectivity index (χ0n) is 16.2. The Hall–Kier alpha value is -3.67. The normalized spacial score (nSPS) is 10.7. The van der Waals surface area contributed by atoms with E-state index < -0.39 is 0 Å². The lowest BCUT2D eigenvalue weighted by atomic mass is 10.2. The van der Waals surface area contributed by atoms with Gasteiger partial charge in [-0.05, 0) is 54.1 Å². The molecule has 148 valence electrons. The summed E-state index contributed by atoms with van der Waals surface area (Å²) in [6, 6.07) is 18.9. The summed E-state index contributed by atoms with van der Waals surface area (Å²) in [7, 11) is 1.57. The Bertz CT molecular complexity index is 1000. The third-order valence-electron chi connectivity index (χ3n) is 4.07. The van der Waals surface area contributed by atoms with Crippen LogP contribution in [0.5, 0.6) is 11.5 Å². The number of hydrogen-bond donors (Lipinski definition) is 1. The fourth-order valence-electron chi connectivity index (χ4n) is 2.66. The van der Waals surface area contributed by atoms with E-state index in [9.17, 15) is 9.18 Å². The van der Waals surface area contributed by atoms with Crippen molar-refractivity contribution in [1.29, 1.82) is 0 Å². The Morgan fingerprint density at radius 1 is 1.07 bits per heavy atom. The van der Waals surface area contributed by atoms with E-state index >= 15 is 0 Å². The van der Waals surface area contributed by atoms with Gasteiger partial charge in [-0.2, -0.15) is 0 Å². The first kappa shape index (κ1) is 20.1. The van der Waals surface area contributed by atoms with Crippen LogP contribution in [-0.4, -0.2) is 19.2 Å². The molecule has 0 unspecified atom stereocenters. The van der Waals surface area contributed by atoms with Crippen LogP contribution in [0.3, 0.4) is 0 Å². The number of para-hydroxylation sites is 1.